The van der Waals surface area contributed by atoms with Gasteiger partial charge in [0.05, 0.1) is 24.1 Å². The number of furan rings is 1. The fourth-order valence-corrected chi connectivity index (χ4v) is 3.15. The summed E-state index contributed by atoms with van der Waals surface area (Å²) in [6.45, 7) is 2.22. The second-order valence-electron chi connectivity index (χ2n) is 7.50. The van der Waals surface area contributed by atoms with Crippen molar-refractivity contribution < 1.29 is 31.9 Å². The van der Waals surface area contributed by atoms with Crippen LogP contribution in [0.1, 0.15) is 39.2 Å². The molecule has 0 aliphatic heterocycles. The average Bonchev–Trinajstić information content (AvgIpc) is 3.62. The first kappa shape index (κ1) is 24.6. The maximum absolute atomic E-state index is 12.9. The quantitative estimate of drug-likeness (QED) is 0.358. The molecular weight excluding hydrogens is 481 g/mol. The molecular formula is C23H21F3N6O4. The molecule has 188 valence electrons. The number of carbonyl (C=O) groups is 2. The number of hydrogen-bond acceptors (Lipinski definition) is 6. The van der Waals surface area contributed by atoms with E-state index in [1.54, 1.807) is 12.1 Å². The molecule has 3 heterocycles. The van der Waals surface area contributed by atoms with E-state index in [2.05, 4.69) is 20.8 Å². The SMILES string of the molecule is CCn1cc(NC(=O)c2ccn(COc3cccc(C(F)(F)F)c3)n2)c(C(=O)NCc2ccco2)n1. The van der Waals surface area contributed by atoms with Gasteiger partial charge in [-0.15, -0.1) is 0 Å². The number of nitrogens with zero attached hydrogens (tertiary/aromatic N) is 4. The highest BCUT2D eigenvalue weighted by Crippen LogP contribution is 2.31. The van der Waals surface area contributed by atoms with E-state index in [0.29, 0.717) is 12.3 Å². The van der Waals surface area contributed by atoms with Crippen LogP contribution in [0.3, 0.4) is 0 Å². The Morgan fingerprint density at radius 1 is 1.08 bits per heavy atom. The van der Waals surface area contributed by atoms with Crippen LogP contribution in [0.15, 0.2) is 65.5 Å². The van der Waals surface area contributed by atoms with Gasteiger partial charge in [-0.25, -0.2) is 4.68 Å². The van der Waals surface area contributed by atoms with E-state index in [1.807, 2.05) is 6.92 Å². The van der Waals surface area contributed by atoms with Gasteiger partial charge >= 0.3 is 6.18 Å². The smallest absolute Gasteiger partial charge is 0.416 e. The van der Waals surface area contributed by atoms with Crippen LogP contribution >= 0.6 is 0 Å². The lowest BCUT2D eigenvalue weighted by Crippen LogP contribution is -2.25. The molecule has 0 aliphatic carbocycles. The molecule has 0 spiro atoms. The summed E-state index contributed by atoms with van der Waals surface area (Å²) < 4.78 is 51.9. The Kier molecular flexibility index (Phi) is 7.08. The fraction of sp³-hybridized carbons (Fsp3) is 0.217. The van der Waals surface area contributed by atoms with Crippen LogP contribution in [0.25, 0.3) is 0 Å². The Bertz CT molecular complexity index is 1340. The first-order chi connectivity index (χ1) is 17.2. The number of aromatic nitrogens is 4. The minimum atomic E-state index is -4.49. The van der Waals surface area contributed by atoms with Crippen molar-refractivity contribution >= 4 is 17.5 Å². The van der Waals surface area contributed by atoms with E-state index in [-0.39, 0.29) is 36.1 Å². The monoisotopic (exact) mass is 502 g/mol. The van der Waals surface area contributed by atoms with Crippen LogP contribution in [0.4, 0.5) is 18.9 Å². The topological polar surface area (TPSA) is 116 Å². The Balaban J connectivity index is 1.39. The number of halogens is 3. The molecule has 13 heteroatoms. The van der Waals surface area contributed by atoms with Crippen molar-refractivity contribution in [2.75, 3.05) is 5.32 Å². The third-order valence-corrected chi connectivity index (χ3v) is 4.95. The number of carbonyl (C=O) groups excluding carboxylic acids is 2. The van der Waals surface area contributed by atoms with Crippen LogP contribution in [0.5, 0.6) is 5.75 Å². The van der Waals surface area contributed by atoms with Gasteiger partial charge in [-0.05, 0) is 43.3 Å². The largest absolute Gasteiger partial charge is 0.471 e. The molecule has 36 heavy (non-hydrogen) atoms. The molecule has 0 radical (unpaired) electrons. The van der Waals surface area contributed by atoms with Crippen molar-refractivity contribution in [3.05, 3.63) is 83.8 Å². The summed E-state index contributed by atoms with van der Waals surface area (Å²) in [5.74, 6) is -0.553. The number of anilines is 1. The maximum Gasteiger partial charge on any atom is 0.416 e. The molecule has 0 unspecified atom stereocenters. The first-order valence-corrected chi connectivity index (χ1v) is 10.8. The molecule has 1 aromatic carbocycles. The lowest BCUT2D eigenvalue weighted by atomic mass is 10.2. The molecule has 0 aliphatic rings. The van der Waals surface area contributed by atoms with Crippen molar-refractivity contribution in [2.24, 2.45) is 0 Å². The molecule has 4 rings (SSSR count). The van der Waals surface area contributed by atoms with Crippen molar-refractivity contribution in [1.29, 1.82) is 0 Å². The number of rotatable bonds is 9. The maximum atomic E-state index is 12.9. The second kappa shape index (κ2) is 10.4. The molecule has 4 aromatic rings. The molecule has 0 saturated carbocycles. The summed E-state index contributed by atoms with van der Waals surface area (Å²) in [5.41, 5.74) is -0.622. The number of alkyl halides is 3. The first-order valence-electron chi connectivity index (χ1n) is 10.8. The normalized spacial score (nSPS) is 11.3. The minimum Gasteiger partial charge on any atom is -0.471 e. The van der Waals surface area contributed by atoms with Crippen LogP contribution < -0.4 is 15.4 Å². The molecule has 3 aromatic heterocycles. The summed E-state index contributed by atoms with van der Waals surface area (Å²) in [4.78, 5) is 25.4. The molecule has 0 saturated heterocycles. The van der Waals surface area contributed by atoms with Crippen LogP contribution in [0, 0.1) is 0 Å². The van der Waals surface area contributed by atoms with Gasteiger partial charge in [-0.2, -0.15) is 23.4 Å². The summed E-state index contributed by atoms with van der Waals surface area (Å²) in [5, 5.41) is 13.6. The minimum absolute atomic E-state index is 0.00325. The third-order valence-electron chi connectivity index (χ3n) is 4.95. The standard InChI is InChI=1S/C23H21F3N6O4/c1-2-31-13-19(20(30-31)22(34)27-12-17-7-4-10-35-17)28-21(33)18-8-9-32(29-18)14-36-16-6-3-5-15(11-16)23(24,25)26/h3-11,13H,2,12,14H2,1H3,(H,27,34)(H,28,33). The highest BCUT2D eigenvalue weighted by atomic mass is 19.4. The number of nitrogens with one attached hydrogen (secondary N) is 2. The van der Waals surface area contributed by atoms with Crippen LogP contribution in [0.2, 0.25) is 0 Å². The summed E-state index contributed by atoms with van der Waals surface area (Å²) in [7, 11) is 0. The average molecular weight is 502 g/mol. The van der Waals surface area contributed by atoms with Gasteiger partial charge in [0.2, 0.25) is 0 Å². The van der Waals surface area contributed by atoms with Gasteiger partial charge in [-0.3, -0.25) is 14.3 Å². The highest BCUT2D eigenvalue weighted by Gasteiger charge is 2.30. The Morgan fingerprint density at radius 2 is 1.92 bits per heavy atom. The van der Waals surface area contributed by atoms with Crippen molar-refractivity contribution in [1.82, 2.24) is 24.9 Å². The van der Waals surface area contributed by atoms with Crippen LogP contribution in [-0.4, -0.2) is 31.4 Å². The van der Waals surface area contributed by atoms with E-state index >= 15 is 0 Å². The number of aryl methyl sites for hydroxylation is 1. The van der Waals surface area contributed by atoms with Crippen molar-refractivity contribution in [2.45, 2.75) is 32.9 Å². The fourth-order valence-electron chi connectivity index (χ4n) is 3.15. The predicted molar refractivity (Wildman–Crippen MR) is 120 cm³/mol. The highest BCUT2D eigenvalue weighted by molar-refractivity contribution is 6.07. The molecule has 0 bridgehead atoms. The van der Waals surface area contributed by atoms with Gasteiger partial charge in [-0.1, -0.05) is 6.07 Å². The van der Waals surface area contributed by atoms with Gasteiger partial charge in [0.25, 0.3) is 11.8 Å². The molecule has 2 N–H and O–H groups in total. The zero-order valence-electron chi connectivity index (χ0n) is 19.0. The second-order valence-corrected chi connectivity index (χ2v) is 7.50. The molecule has 2 amide bonds. The van der Waals surface area contributed by atoms with Gasteiger partial charge < -0.3 is 19.8 Å². The van der Waals surface area contributed by atoms with E-state index < -0.39 is 23.6 Å². The number of hydrogen-bond donors (Lipinski definition) is 2. The predicted octanol–water partition coefficient (Wildman–Crippen LogP) is 3.93. The zero-order chi connectivity index (χ0) is 25.7. The third kappa shape index (κ3) is 5.92. The van der Waals surface area contributed by atoms with Gasteiger partial charge in [0.1, 0.15) is 11.5 Å². The number of amides is 2. The van der Waals surface area contributed by atoms with E-state index in [1.165, 1.54) is 46.2 Å². The zero-order valence-corrected chi connectivity index (χ0v) is 19.0. The molecule has 10 nitrogen and oxygen atoms in total. The summed E-state index contributed by atoms with van der Waals surface area (Å²) >= 11 is 0. The van der Waals surface area contributed by atoms with Crippen molar-refractivity contribution in [3.63, 3.8) is 0 Å². The number of ether oxygens (including phenoxy) is 1. The van der Waals surface area contributed by atoms with Crippen LogP contribution in [-0.2, 0) is 26.0 Å². The Morgan fingerprint density at radius 3 is 2.64 bits per heavy atom. The van der Waals surface area contributed by atoms with Crippen molar-refractivity contribution in [3.8, 4) is 5.75 Å². The summed E-state index contributed by atoms with van der Waals surface area (Å²) in [6, 6.07) is 9.25. The lowest BCUT2D eigenvalue weighted by Gasteiger charge is -2.10. The lowest BCUT2D eigenvalue weighted by molar-refractivity contribution is -0.137. The van der Waals surface area contributed by atoms with E-state index in [9.17, 15) is 22.8 Å². The Labute approximate surface area is 202 Å². The summed E-state index contributed by atoms with van der Waals surface area (Å²) in [6.07, 6.45) is -0.0401. The molecule has 0 fully saturated rings. The number of benzene rings is 1. The van der Waals surface area contributed by atoms with E-state index in [0.717, 1.165) is 12.1 Å². The van der Waals surface area contributed by atoms with Gasteiger partial charge in [0.15, 0.2) is 18.1 Å². The Hall–Kier alpha value is -4.55. The van der Waals surface area contributed by atoms with Gasteiger partial charge in [0, 0.05) is 18.9 Å². The van der Waals surface area contributed by atoms with E-state index in [4.69, 9.17) is 9.15 Å². The molecule has 0 atom stereocenters.